The molecular weight excluding hydrogens is 308 g/mol. The molecule has 24 heavy (non-hydrogen) atoms. The number of amides is 2. The van der Waals surface area contributed by atoms with Gasteiger partial charge in [0.1, 0.15) is 0 Å². The summed E-state index contributed by atoms with van der Waals surface area (Å²) in [5.41, 5.74) is 5.22. The van der Waals surface area contributed by atoms with Crippen molar-refractivity contribution in [2.24, 2.45) is 5.73 Å². The summed E-state index contributed by atoms with van der Waals surface area (Å²) in [5.74, 6) is -1.74. The Labute approximate surface area is 145 Å². The minimum absolute atomic E-state index is 0.176. The number of Topliss-reactive ketones (excluding diaryl/α,β-unsaturated/α-hetero) is 1. The third-order valence-electron chi connectivity index (χ3n) is 4.12. The maximum Gasteiger partial charge on any atom is 0.334 e. The second-order valence-corrected chi connectivity index (χ2v) is 6.32. The number of carboxylic acids is 1. The van der Waals surface area contributed by atoms with E-state index in [0.29, 0.717) is 12.8 Å². The number of ketones is 1. The molecule has 1 unspecified atom stereocenters. The molecular formula is C18H34N2O4. The van der Waals surface area contributed by atoms with Crippen molar-refractivity contribution in [2.75, 3.05) is 6.54 Å². The van der Waals surface area contributed by atoms with Gasteiger partial charge in [-0.2, -0.15) is 0 Å². The van der Waals surface area contributed by atoms with Crippen LogP contribution in [0.5, 0.6) is 0 Å². The Morgan fingerprint density at radius 1 is 0.875 bits per heavy atom. The SMILES string of the molecule is CCCCCCCCCCCC(=O)C(C(=O)O)N(CCC)C(N)=O. The van der Waals surface area contributed by atoms with Gasteiger partial charge in [-0.15, -0.1) is 0 Å². The van der Waals surface area contributed by atoms with Gasteiger partial charge in [0.25, 0.3) is 0 Å². The summed E-state index contributed by atoms with van der Waals surface area (Å²) in [6, 6.07) is -2.30. The van der Waals surface area contributed by atoms with Crippen molar-refractivity contribution >= 4 is 17.8 Å². The van der Waals surface area contributed by atoms with E-state index < -0.39 is 23.8 Å². The highest BCUT2D eigenvalue weighted by atomic mass is 16.4. The number of carbonyl (C=O) groups excluding carboxylic acids is 2. The van der Waals surface area contributed by atoms with Crippen molar-refractivity contribution < 1.29 is 19.5 Å². The lowest BCUT2D eigenvalue weighted by Gasteiger charge is -2.25. The highest BCUT2D eigenvalue weighted by molar-refractivity contribution is 6.04. The Balaban J connectivity index is 4.12. The number of urea groups is 1. The summed E-state index contributed by atoms with van der Waals surface area (Å²) < 4.78 is 0. The lowest BCUT2D eigenvalue weighted by Crippen LogP contribution is -2.52. The van der Waals surface area contributed by atoms with Gasteiger partial charge in [-0.1, -0.05) is 65.2 Å². The topological polar surface area (TPSA) is 101 Å². The van der Waals surface area contributed by atoms with E-state index in [1.54, 1.807) is 6.92 Å². The molecule has 140 valence electrons. The number of aliphatic carboxylic acids is 1. The van der Waals surface area contributed by atoms with Crippen LogP contribution >= 0.6 is 0 Å². The van der Waals surface area contributed by atoms with Crippen molar-refractivity contribution in [3.05, 3.63) is 0 Å². The maximum atomic E-state index is 12.2. The van der Waals surface area contributed by atoms with E-state index in [4.69, 9.17) is 5.73 Å². The molecule has 0 fully saturated rings. The van der Waals surface area contributed by atoms with Gasteiger partial charge in [-0.25, -0.2) is 9.59 Å². The van der Waals surface area contributed by atoms with Gasteiger partial charge in [0.15, 0.2) is 11.8 Å². The fraction of sp³-hybridized carbons (Fsp3) is 0.833. The predicted octanol–water partition coefficient (Wildman–Crippen LogP) is 3.72. The molecule has 6 heteroatoms. The van der Waals surface area contributed by atoms with Crippen LogP contribution < -0.4 is 5.73 Å². The molecule has 6 nitrogen and oxygen atoms in total. The first-order valence-electron chi connectivity index (χ1n) is 9.27. The zero-order valence-electron chi connectivity index (χ0n) is 15.3. The molecule has 0 aromatic rings. The van der Waals surface area contributed by atoms with Crippen LogP contribution in [-0.2, 0) is 9.59 Å². The van der Waals surface area contributed by atoms with Crippen molar-refractivity contribution in [1.82, 2.24) is 4.90 Å². The number of hydrogen-bond donors (Lipinski definition) is 2. The largest absolute Gasteiger partial charge is 0.479 e. The van der Waals surface area contributed by atoms with Crippen LogP contribution in [0.4, 0.5) is 4.79 Å². The molecule has 0 saturated heterocycles. The predicted molar refractivity (Wildman–Crippen MR) is 94.9 cm³/mol. The number of rotatable bonds is 15. The van der Waals surface area contributed by atoms with E-state index >= 15 is 0 Å². The molecule has 0 aromatic carbocycles. The van der Waals surface area contributed by atoms with E-state index in [2.05, 4.69) is 6.92 Å². The minimum atomic E-state index is -1.45. The molecule has 0 heterocycles. The van der Waals surface area contributed by atoms with Crippen molar-refractivity contribution in [1.29, 1.82) is 0 Å². The molecule has 0 aliphatic heterocycles. The second kappa shape index (κ2) is 13.8. The molecule has 1 atom stereocenters. The summed E-state index contributed by atoms with van der Waals surface area (Å²) >= 11 is 0. The van der Waals surface area contributed by atoms with Gasteiger partial charge in [0, 0.05) is 13.0 Å². The lowest BCUT2D eigenvalue weighted by atomic mass is 10.0. The Bertz CT molecular complexity index is 385. The highest BCUT2D eigenvalue weighted by Gasteiger charge is 2.33. The van der Waals surface area contributed by atoms with E-state index in [0.717, 1.165) is 24.2 Å². The number of primary amides is 1. The second-order valence-electron chi connectivity index (χ2n) is 6.32. The molecule has 0 aliphatic rings. The molecule has 0 saturated carbocycles. The Hall–Kier alpha value is -1.59. The average Bonchev–Trinajstić information content (AvgIpc) is 2.52. The van der Waals surface area contributed by atoms with Crippen LogP contribution in [0.15, 0.2) is 0 Å². The summed E-state index contributed by atoms with van der Waals surface area (Å²) in [7, 11) is 0. The number of hydrogen-bond acceptors (Lipinski definition) is 3. The summed E-state index contributed by atoms with van der Waals surface area (Å²) in [4.78, 5) is 35.9. The maximum absolute atomic E-state index is 12.2. The highest BCUT2D eigenvalue weighted by Crippen LogP contribution is 2.13. The van der Waals surface area contributed by atoms with Crippen LogP contribution in [0, 0.1) is 0 Å². The fourth-order valence-corrected chi connectivity index (χ4v) is 2.80. The zero-order valence-corrected chi connectivity index (χ0v) is 15.3. The lowest BCUT2D eigenvalue weighted by molar-refractivity contribution is -0.146. The third-order valence-corrected chi connectivity index (χ3v) is 4.12. The first kappa shape index (κ1) is 22.4. The molecule has 0 aromatic heterocycles. The van der Waals surface area contributed by atoms with Crippen LogP contribution in [0.25, 0.3) is 0 Å². The van der Waals surface area contributed by atoms with Crippen molar-refractivity contribution in [3.8, 4) is 0 Å². The first-order valence-corrected chi connectivity index (χ1v) is 9.27. The van der Waals surface area contributed by atoms with Crippen LogP contribution in [0.3, 0.4) is 0 Å². The van der Waals surface area contributed by atoms with Gasteiger partial charge >= 0.3 is 12.0 Å². The normalized spacial score (nSPS) is 11.9. The van der Waals surface area contributed by atoms with E-state index in [-0.39, 0.29) is 13.0 Å². The zero-order chi connectivity index (χ0) is 18.4. The summed E-state index contributed by atoms with van der Waals surface area (Å²) in [6.07, 6.45) is 10.8. The average molecular weight is 342 g/mol. The van der Waals surface area contributed by atoms with E-state index in [1.165, 1.54) is 32.1 Å². The number of nitrogens with two attached hydrogens (primary N) is 1. The number of nitrogens with zero attached hydrogens (tertiary/aromatic N) is 1. The standard InChI is InChI=1S/C18H34N2O4/c1-3-5-6-7-8-9-10-11-12-13-15(21)16(17(22)23)20(14-4-2)18(19)24/h16H,3-14H2,1-2H3,(H2,19,24)(H,22,23). The third kappa shape index (κ3) is 9.53. The molecule has 0 radical (unpaired) electrons. The van der Waals surface area contributed by atoms with Crippen LogP contribution in [0.1, 0.15) is 84.5 Å². The summed E-state index contributed by atoms with van der Waals surface area (Å²) in [5, 5.41) is 9.26. The molecule has 0 rings (SSSR count). The Kier molecular flexibility index (Phi) is 12.9. The van der Waals surface area contributed by atoms with Crippen molar-refractivity contribution in [3.63, 3.8) is 0 Å². The molecule has 0 bridgehead atoms. The molecule has 0 spiro atoms. The number of carboxylic acid groups (broad SMARTS) is 1. The quantitative estimate of drug-likeness (QED) is 0.350. The minimum Gasteiger partial charge on any atom is -0.479 e. The van der Waals surface area contributed by atoms with Gasteiger partial charge in [0.05, 0.1) is 0 Å². The Morgan fingerprint density at radius 2 is 1.38 bits per heavy atom. The first-order chi connectivity index (χ1) is 11.5. The fourth-order valence-electron chi connectivity index (χ4n) is 2.80. The van der Waals surface area contributed by atoms with Crippen LogP contribution in [-0.4, -0.2) is 40.4 Å². The number of unbranched alkanes of at least 4 members (excludes halogenated alkanes) is 8. The van der Waals surface area contributed by atoms with Crippen LogP contribution in [0.2, 0.25) is 0 Å². The smallest absolute Gasteiger partial charge is 0.334 e. The van der Waals surface area contributed by atoms with Gasteiger partial charge in [0.2, 0.25) is 0 Å². The van der Waals surface area contributed by atoms with Gasteiger partial charge in [-0.3, -0.25) is 4.79 Å². The number of carbonyl (C=O) groups is 3. The van der Waals surface area contributed by atoms with E-state index in [9.17, 15) is 19.5 Å². The van der Waals surface area contributed by atoms with Gasteiger partial charge < -0.3 is 15.7 Å². The van der Waals surface area contributed by atoms with Crippen molar-refractivity contribution in [2.45, 2.75) is 90.5 Å². The molecule has 0 aliphatic carbocycles. The van der Waals surface area contributed by atoms with Gasteiger partial charge in [-0.05, 0) is 12.8 Å². The molecule has 2 amide bonds. The monoisotopic (exact) mass is 342 g/mol. The summed E-state index contributed by atoms with van der Waals surface area (Å²) in [6.45, 7) is 4.18. The Morgan fingerprint density at radius 3 is 1.79 bits per heavy atom. The molecule has 3 N–H and O–H groups in total. The van der Waals surface area contributed by atoms with E-state index in [1.807, 2.05) is 0 Å².